The molecule has 0 aromatic heterocycles. The average molecular weight is 711 g/mol. The third-order valence-electron chi connectivity index (χ3n) is 8.56. The molecule has 0 spiro atoms. The second kappa shape index (κ2) is 15.9. The quantitative estimate of drug-likeness (QED) is 0.126. The topological polar surface area (TPSA) is 136 Å². The summed E-state index contributed by atoms with van der Waals surface area (Å²) < 4.78 is 15.0. The third kappa shape index (κ3) is 8.39. The Hall–Kier alpha value is -5.65. The number of aromatic carboxylic acids is 1. The molecule has 0 fully saturated rings. The lowest BCUT2D eigenvalue weighted by molar-refractivity contribution is -0.135. The molecule has 5 rings (SSSR count). The Bertz CT molecular complexity index is 2030. The number of halogens is 2. The van der Waals surface area contributed by atoms with Crippen LogP contribution < -0.4 is 10.6 Å². The van der Waals surface area contributed by atoms with Crippen LogP contribution in [0.1, 0.15) is 60.7 Å². The number of nitrogens with zero attached hydrogens (tertiary/aromatic N) is 2. The molecule has 262 valence electrons. The molecule has 0 saturated heterocycles. The Morgan fingerprint density at radius 3 is 2.29 bits per heavy atom. The number of hydrogen-bond donors (Lipinski definition) is 3. The van der Waals surface area contributed by atoms with Crippen molar-refractivity contribution >= 4 is 52.8 Å². The van der Waals surface area contributed by atoms with Gasteiger partial charge >= 0.3 is 5.97 Å². The summed E-state index contributed by atoms with van der Waals surface area (Å²) in [5.41, 5.74) is 3.79. The van der Waals surface area contributed by atoms with Crippen molar-refractivity contribution < 1.29 is 33.5 Å². The average Bonchev–Trinajstić information content (AvgIpc) is 3.11. The molecule has 10 nitrogen and oxygen atoms in total. The zero-order chi connectivity index (χ0) is 36.8. The number of anilines is 1. The number of amides is 3. The van der Waals surface area contributed by atoms with E-state index in [1.54, 1.807) is 24.3 Å². The smallest absolute Gasteiger partial charge is 0.335 e. The molecule has 0 bridgehead atoms. The molecular weight excluding hydrogens is 675 g/mol. The Morgan fingerprint density at radius 2 is 1.65 bits per heavy atom. The molecule has 12 heteroatoms. The van der Waals surface area contributed by atoms with Crippen LogP contribution in [-0.4, -0.2) is 78.1 Å². The second-order valence-electron chi connectivity index (χ2n) is 12.3. The molecule has 1 heterocycles. The van der Waals surface area contributed by atoms with E-state index >= 15 is 4.39 Å². The number of carbonyl (C=O) groups is 5. The Balaban J connectivity index is 1.49. The summed E-state index contributed by atoms with van der Waals surface area (Å²) >= 11 is 5.98. The van der Waals surface area contributed by atoms with E-state index in [0.29, 0.717) is 36.3 Å². The van der Waals surface area contributed by atoms with Gasteiger partial charge in [0.2, 0.25) is 5.91 Å². The zero-order valence-electron chi connectivity index (χ0n) is 28.2. The van der Waals surface area contributed by atoms with E-state index in [9.17, 15) is 29.1 Å². The third-order valence-corrected chi connectivity index (χ3v) is 8.85. The van der Waals surface area contributed by atoms with E-state index in [-0.39, 0.29) is 34.2 Å². The number of benzene rings is 4. The molecular formula is C39H36ClFN4O6. The van der Waals surface area contributed by atoms with Gasteiger partial charge in [0.15, 0.2) is 5.78 Å². The van der Waals surface area contributed by atoms with Gasteiger partial charge in [-0.3, -0.25) is 19.2 Å². The Labute approximate surface area is 299 Å². The van der Waals surface area contributed by atoms with Gasteiger partial charge in [-0.05, 0) is 104 Å². The van der Waals surface area contributed by atoms with Gasteiger partial charge in [-0.25, -0.2) is 9.18 Å². The van der Waals surface area contributed by atoms with Crippen molar-refractivity contribution in [2.45, 2.75) is 19.4 Å². The van der Waals surface area contributed by atoms with Crippen LogP contribution in [0.2, 0.25) is 5.02 Å². The number of rotatable bonds is 11. The molecule has 4 aromatic carbocycles. The van der Waals surface area contributed by atoms with E-state index in [0.717, 1.165) is 22.8 Å². The molecule has 3 amide bonds. The minimum atomic E-state index is -1.14. The van der Waals surface area contributed by atoms with Crippen LogP contribution in [0.4, 0.5) is 10.1 Å². The van der Waals surface area contributed by atoms with Crippen molar-refractivity contribution in [3.05, 3.63) is 129 Å². The summed E-state index contributed by atoms with van der Waals surface area (Å²) in [4.78, 5) is 67.4. The van der Waals surface area contributed by atoms with Crippen LogP contribution in [0.5, 0.6) is 0 Å². The lowest BCUT2D eigenvalue weighted by Crippen LogP contribution is -2.45. The highest BCUT2D eigenvalue weighted by Crippen LogP contribution is 2.37. The van der Waals surface area contributed by atoms with E-state index in [1.807, 2.05) is 37.2 Å². The normalized spacial score (nSPS) is 13.9. The Kier molecular flexibility index (Phi) is 11.4. The van der Waals surface area contributed by atoms with Gasteiger partial charge in [-0.15, -0.1) is 0 Å². The number of likely N-dealkylation sites (N-methyl/N-ethyl adjacent to an activating group) is 1. The Morgan fingerprint density at radius 1 is 0.961 bits per heavy atom. The maximum absolute atomic E-state index is 15.0. The summed E-state index contributed by atoms with van der Waals surface area (Å²) in [7, 11) is 3.85. The fourth-order valence-corrected chi connectivity index (χ4v) is 6.11. The van der Waals surface area contributed by atoms with E-state index in [4.69, 9.17) is 11.6 Å². The first-order valence-corrected chi connectivity index (χ1v) is 16.5. The van der Waals surface area contributed by atoms with Gasteiger partial charge in [0, 0.05) is 48.1 Å². The van der Waals surface area contributed by atoms with Gasteiger partial charge in [-0.2, -0.15) is 0 Å². The van der Waals surface area contributed by atoms with Gasteiger partial charge in [0.05, 0.1) is 10.6 Å². The number of hydrogen-bond acceptors (Lipinski definition) is 6. The summed E-state index contributed by atoms with van der Waals surface area (Å²) in [6.07, 6.45) is 2.67. The summed E-state index contributed by atoms with van der Waals surface area (Å²) in [5.74, 6) is -3.74. The van der Waals surface area contributed by atoms with E-state index in [1.165, 1.54) is 54.3 Å². The van der Waals surface area contributed by atoms with Gasteiger partial charge < -0.3 is 25.5 Å². The maximum Gasteiger partial charge on any atom is 0.335 e. The van der Waals surface area contributed by atoms with Crippen molar-refractivity contribution in [1.82, 2.24) is 15.1 Å². The molecule has 0 radical (unpaired) electrons. The number of carboxylic acids is 1. The molecule has 0 unspecified atom stereocenters. The predicted octanol–water partition coefficient (Wildman–Crippen LogP) is 6.12. The van der Waals surface area contributed by atoms with Crippen molar-refractivity contribution in [3.63, 3.8) is 0 Å². The van der Waals surface area contributed by atoms with Gasteiger partial charge in [-0.1, -0.05) is 41.9 Å². The largest absolute Gasteiger partial charge is 0.478 e. The number of carbonyl (C=O) groups excluding carboxylic acids is 4. The van der Waals surface area contributed by atoms with Crippen LogP contribution in [0.15, 0.2) is 84.9 Å². The monoisotopic (exact) mass is 710 g/mol. The summed E-state index contributed by atoms with van der Waals surface area (Å²) in [5, 5.41) is 14.8. The number of nitrogens with one attached hydrogen (secondary N) is 2. The summed E-state index contributed by atoms with van der Waals surface area (Å²) in [6, 6.07) is 19.7. The van der Waals surface area contributed by atoms with Crippen LogP contribution in [-0.2, 0) is 16.0 Å². The number of ketones is 1. The predicted molar refractivity (Wildman–Crippen MR) is 193 cm³/mol. The molecule has 1 aliphatic heterocycles. The van der Waals surface area contributed by atoms with E-state index < -0.39 is 35.4 Å². The molecule has 51 heavy (non-hydrogen) atoms. The first kappa shape index (κ1) is 36.6. The maximum atomic E-state index is 15.0. The van der Waals surface area contributed by atoms with Crippen molar-refractivity contribution in [3.8, 4) is 11.1 Å². The van der Waals surface area contributed by atoms with Crippen molar-refractivity contribution in [1.29, 1.82) is 0 Å². The molecule has 0 aliphatic carbocycles. The molecule has 1 aliphatic rings. The first-order chi connectivity index (χ1) is 24.3. The van der Waals surface area contributed by atoms with Crippen molar-refractivity contribution in [2.24, 2.45) is 0 Å². The molecule has 0 saturated carbocycles. The molecule has 1 atom stereocenters. The van der Waals surface area contributed by atoms with Gasteiger partial charge in [0.1, 0.15) is 11.9 Å². The number of fused-ring (bicyclic) bond motifs is 1. The highest BCUT2D eigenvalue weighted by Gasteiger charge is 2.36. The fourth-order valence-electron chi connectivity index (χ4n) is 5.95. The fraction of sp³-hybridized carbons (Fsp3) is 0.205. The van der Waals surface area contributed by atoms with Gasteiger partial charge in [0.25, 0.3) is 11.8 Å². The highest BCUT2D eigenvalue weighted by atomic mass is 35.5. The lowest BCUT2D eigenvalue weighted by atomic mass is 9.85. The highest BCUT2D eigenvalue weighted by molar-refractivity contribution is 6.31. The van der Waals surface area contributed by atoms with Crippen molar-refractivity contribution in [2.75, 3.05) is 39.0 Å². The zero-order valence-corrected chi connectivity index (χ0v) is 29.0. The number of Topliss-reactive ketones (excluding diaryl/α,β-unsaturated/α-hetero) is 1. The minimum Gasteiger partial charge on any atom is -0.478 e. The minimum absolute atomic E-state index is 0.0397. The molecule has 4 aromatic rings. The second-order valence-corrected chi connectivity index (χ2v) is 12.7. The van der Waals surface area contributed by atoms with E-state index in [2.05, 4.69) is 10.6 Å². The van der Waals surface area contributed by atoms with Crippen LogP contribution in [0.3, 0.4) is 0 Å². The lowest BCUT2D eigenvalue weighted by Gasteiger charge is -2.37. The number of carboxylic acid groups (broad SMARTS) is 1. The SMILES string of the molecule is CC(=O)c1ccc(Cl)c(F)c1/C=C/C(=O)N1CCc2c(-c3ccc(C(=O)NCCN(C)C)cc3)cccc2[C@H]1C(=O)Nc1ccc(C(=O)O)cc1. The van der Waals surface area contributed by atoms with Crippen LogP contribution in [0.25, 0.3) is 17.2 Å². The molecule has 3 N–H and O–H groups in total. The van der Waals surface area contributed by atoms with Crippen LogP contribution in [0, 0.1) is 5.82 Å². The summed E-state index contributed by atoms with van der Waals surface area (Å²) in [6.45, 7) is 2.60. The standard InChI is InChI=1S/C39H36ClFN4O6/c1-23(46)28-15-17-33(40)35(41)31(28)16-18-34(47)45-21-19-30-29(24-7-9-25(10-8-24)37(48)42-20-22-44(2)3)5-4-6-32(30)36(45)38(49)43-27-13-11-26(12-14-27)39(50)51/h4-18,36H,19-22H2,1-3H3,(H,42,48)(H,43,49)(H,50,51)/b18-16+/t36-/m0/s1. The van der Waals surface area contributed by atoms with Crippen LogP contribution >= 0.6 is 11.6 Å². The first-order valence-electron chi connectivity index (χ1n) is 16.1.